The highest BCUT2D eigenvalue weighted by Crippen LogP contribution is 2.19. The van der Waals surface area contributed by atoms with Crippen LogP contribution >= 0.6 is 23.4 Å². The van der Waals surface area contributed by atoms with E-state index in [1.165, 1.54) is 24.3 Å². The molecule has 0 bridgehead atoms. The molecule has 0 saturated heterocycles. The summed E-state index contributed by atoms with van der Waals surface area (Å²) < 4.78 is 25.8. The summed E-state index contributed by atoms with van der Waals surface area (Å²) in [6.45, 7) is 2.34. The highest BCUT2D eigenvalue weighted by molar-refractivity contribution is 7.98. The normalized spacial score (nSPS) is 12.8. The van der Waals surface area contributed by atoms with E-state index in [1.807, 2.05) is 13.0 Å². The summed E-state index contributed by atoms with van der Waals surface area (Å²) in [5.74, 6) is 3.75. The van der Waals surface area contributed by atoms with Crippen molar-refractivity contribution in [3.8, 4) is 18.4 Å². The minimum atomic E-state index is -3.98. The van der Waals surface area contributed by atoms with Crippen LogP contribution < -0.4 is 5.32 Å². The number of aryl methyl sites for hydroxylation is 1. The Morgan fingerprint density at radius 1 is 1.45 bits per heavy atom. The Hall–Kier alpha value is -2.46. The SMILES string of the molecule is C#CCNC(=NCCSCc1nc[nH]c1C)C(C#N)S(=O)(=O)c1ccc(Cl)cc1. The van der Waals surface area contributed by atoms with Crippen LogP contribution in [0.4, 0.5) is 0 Å². The number of imidazole rings is 1. The molecule has 0 aliphatic rings. The minimum Gasteiger partial charge on any atom is -0.361 e. The van der Waals surface area contributed by atoms with Gasteiger partial charge in [-0.05, 0) is 31.2 Å². The van der Waals surface area contributed by atoms with Crippen molar-refractivity contribution in [3.63, 3.8) is 0 Å². The first-order valence-electron chi connectivity index (χ1n) is 8.57. The average Bonchev–Trinajstić information content (AvgIpc) is 3.10. The molecule has 0 spiro atoms. The van der Waals surface area contributed by atoms with Crippen LogP contribution in [0.1, 0.15) is 11.4 Å². The number of sulfone groups is 1. The molecule has 29 heavy (non-hydrogen) atoms. The largest absolute Gasteiger partial charge is 0.361 e. The molecule has 10 heteroatoms. The molecule has 7 nitrogen and oxygen atoms in total. The smallest absolute Gasteiger partial charge is 0.208 e. The third-order valence-corrected chi connectivity index (χ3v) is 6.96. The number of halogens is 1. The van der Waals surface area contributed by atoms with Gasteiger partial charge in [-0.2, -0.15) is 17.0 Å². The number of nitrogens with one attached hydrogen (secondary N) is 2. The summed E-state index contributed by atoms with van der Waals surface area (Å²) in [5.41, 5.74) is 1.97. The number of thioether (sulfide) groups is 1. The van der Waals surface area contributed by atoms with Crippen molar-refractivity contribution in [2.24, 2.45) is 4.99 Å². The molecule has 0 saturated carbocycles. The highest BCUT2D eigenvalue weighted by Gasteiger charge is 2.32. The third kappa shape index (κ3) is 6.26. The van der Waals surface area contributed by atoms with Crippen molar-refractivity contribution in [2.45, 2.75) is 22.8 Å². The first-order valence-corrected chi connectivity index (χ1v) is 11.7. The van der Waals surface area contributed by atoms with Crippen LogP contribution in [0.15, 0.2) is 40.5 Å². The predicted octanol–water partition coefficient (Wildman–Crippen LogP) is 2.59. The van der Waals surface area contributed by atoms with Crippen LogP contribution in [0.5, 0.6) is 0 Å². The van der Waals surface area contributed by atoms with Crippen molar-refractivity contribution in [3.05, 3.63) is 47.0 Å². The third-order valence-electron chi connectivity index (χ3n) is 3.88. The molecule has 1 unspecified atom stereocenters. The lowest BCUT2D eigenvalue weighted by Gasteiger charge is -2.15. The Balaban J connectivity index is 2.12. The molecule has 2 N–H and O–H groups in total. The number of nitriles is 1. The number of nitrogens with zero attached hydrogens (tertiary/aromatic N) is 3. The van der Waals surface area contributed by atoms with Crippen molar-refractivity contribution < 1.29 is 8.42 Å². The van der Waals surface area contributed by atoms with E-state index in [-0.39, 0.29) is 17.3 Å². The van der Waals surface area contributed by atoms with Gasteiger partial charge in [-0.25, -0.2) is 13.4 Å². The van der Waals surface area contributed by atoms with Crippen LogP contribution in [0.2, 0.25) is 5.02 Å². The van der Waals surface area contributed by atoms with Gasteiger partial charge < -0.3 is 10.3 Å². The summed E-state index contributed by atoms with van der Waals surface area (Å²) >= 11 is 7.44. The number of aliphatic imine (C=N–C) groups is 1. The number of terminal acetylenes is 1. The van der Waals surface area contributed by atoms with Crippen LogP contribution in [-0.4, -0.2) is 48.3 Å². The Bertz CT molecular complexity index is 1030. The number of amidine groups is 1. The first-order chi connectivity index (χ1) is 13.9. The van der Waals surface area contributed by atoms with Gasteiger partial charge in [0.15, 0.2) is 0 Å². The van der Waals surface area contributed by atoms with Gasteiger partial charge >= 0.3 is 0 Å². The maximum Gasteiger partial charge on any atom is 0.208 e. The molecule has 0 amide bonds. The van der Waals surface area contributed by atoms with Gasteiger partial charge in [0.05, 0.1) is 36.1 Å². The van der Waals surface area contributed by atoms with E-state index in [9.17, 15) is 13.7 Å². The molecule has 1 aromatic heterocycles. The van der Waals surface area contributed by atoms with Crippen LogP contribution in [0.25, 0.3) is 0 Å². The Morgan fingerprint density at radius 2 is 2.17 bits per heavy atom. The molecular weight excluding hydrogens is 430 g/mol. The maximum atomic E-state index is 12.9. The van der Waals surface area contributed by atoms with Gasteiger partial charge in [-0.15, -0.1) is 6.42 Å². The van der Waals surface area contributed by atoms with Gasteiger partial charge in [0.1, 0.15) is 5.84 Å². The molecule has 0 fully saturated rings. The van der Waals surface area contributed by atoms with E-state index in [0.717, 1.165) is 11.4 Å². The number of benzene rings is 1. The fourth-order valence-corrected chi connectivity index (χ4v) is 4.70. The molecular formula is C19H20ClN5O2S2. The van der Waals surface area contributed by atoms with E-state index in [0.29, 0.717) is 23.1 Å². The fraction of sp³-hybridized carbons (Fsp3) is 0.316. The number of H-pyrrole nitrogens is 1. The van der Waals surface area contributed by atoms with Crippen LogP contribution in [-0.2, 0) is 15.6 Å². The van der Waals surface area contributed by atoms with Crippen molar-refractivity contribution in [2.75, 3.05) is 18.8 Å². The van der Waals surface area contributed by atoms with E-state index >= 15 is 0 Å². The fourth-order valence-electron chi connectivity index (χ4n) is 2.34. The molecule has 0 aliphatic heterocycles. The number of hydrogen-bond acceptors (Lipinski definition) is 6. The van der Waals surface area contributed by atoms with E-state index in [2.05, 4.69) is 26.2 Å². The Kier molecular flexibility index (Phi) is 8.59. The summed E-state index contributed by atoms with van der Waals surface area (Å²) in [5, 5.41) is 11.3. The van der Waals surface area contributed by atoms with Crippen LogP contribution in [0, 0.1) is 30.6 Å². The van der Waals surface area contributed by atoms with E-state index in [4.69, 9.17) is 18.0 Å². The van der Waals surface area contributed by atoms with Crippen LogP contribution in [0.3, 0.4) is 0 Å². The predicted molar refractivity (Wildman–Crippen MR) is 117 cm³/mol. The zero-order chi connectivity index (χ0) is 21.3. The summed E-state index contributed by atoms with van der Waals surface area (Å²) in [7, 11) is -3.98. The zero-order valence-corrected chi connectivity index (χ0v) is 18.1. The summed E-state index contributed by atoms with van der Waals surface area (Å²) in [6, 6.07) is 7.48. The molecule has 1 aromatic carbocycles. The molecule has 2 aromatic rings. The maximum absolute atomic E-state index is 12.9. The minimum absolute atomic E-state index is 0.00737. The van der Waals surface area contributed by atoms with Gasteiger partial charge in [-0.3, -0.25) is 4.99 Å². The molecule has 152 valence electrons. The average molecular weight is 450 g/mol. The van der Waals surface area contributed by atoms with Crippen molar-refractivity contribution in [1.29, 1.82) is 5.26 Å². The lowest BCUT2D eigenvalue weighted by Crippen LogP contribution is -2.39. The van der Waals surface area contributed by atoms with Gasteiger partial charge in [0, 0.05) is 22.2 Å². The highest BCUT2D eigenvalue weighted by atomic mass is 35.5. The van der Waals surface area contributed by atoms with E-state index < -0.39 is 15.1 Å². The number of aromatic nitrogens is 2. The van der Waals surface area contributed by atoms with Gasteiger partial charge in [-0.1, -0.05) is 17.5 Å². The molecule has 1 heterocycles. The second-order valence-electron chi connectivity index (χ2n) is 5.86. The topological polar surface area (TPSA) is 111 Å². The summed E-state index contributed by atoms with van der Waals surface area (Å²) in [6.07, 6.45) is 6.91. The lowest BCUT2D eigenvalue weighted by molar-refractivity contribution is 0.595. The van der Waals surface area contributed by atoms with Gasteiger partial charge in [0.25, 0.3) is 0 Å². The second-order valence-corrected chi connectivity index (χ2v) is 9.43. The standard InChI is InChI=1S/C19H20ClN5O2S2/c1-3-8-22-19(23-9-10-28-12-17-14(2)24-13-25-17)18(11-21)29(26,27)16-6-4-15(20)5-7-16/h1,4-7,13,18H,8-10,12H2,2H3,(H,22,23)(H,24,25). The molecule has 1 atom stereocenters. The van der Waals surface area contributed by atoms with Gasteiger partial charge in [0.2, 0.25) is 15.1 Å². The van der Waals surface area contributed by atoms with Crippen molar-refractivity contribution in [1.82, 2.24) is 15.3 Å². The molecule has 0 radical (unpaired) electrons. The lowest BCUT2D eigenvalue weighted by atomic mass is 10.4. The first kappa shape index (κ1) is 22.8. The number of aromatic amines is 1. The summed E-state index contributed by atoms with van der Waals surface area (Å²) in [4.78, 5) is 11.6. The monoisotopic (exact) mass is 449 g/mol. The Labute approximate surface area is 179 Å². The zero-order valence-electron chi connectivity index (χ0n) is 15.7. The number of rotatable bonds is 9. The quantitative estimate of drug-likeness (QED) is 0.263. The molecule has 0 aliphatic carbocycles. The number of hydrogen-bond donors (Lipinski definition) is 2. The Morgan fingerprint density at radius 3 is 2.76 bits per heavy atom. The van der Waals surface area contributed by atoms with E-state index in [1.54, 1.807) is 18.1 Å². The van der Waals surface area contributed by atoms with Crippen molar-refractivity contribution >= 4 is 39.0 Å². The molecule has 2 rings (SSSR count). The second kappa shape index (κ2) is 10.9.